The molecule has 0 aliphatic carbocycles. The van der Waals surface area contributed by atoms with E-state index in [1.54, 1.807) is 20.4 Å². The van der Waals surface area contributed by atoms with Crippen LogP contribution < -0.4 is 26.0 Å². The number of anilines is 4. The minimum atomic E-state index is -2.48. The van der Waals surface area contributed by atoms with Crippen molar-refractivity contribution in [3.05, 3.63) is 59.2 Å². The smallest absolute Gasteiger partial charge is 0.229 e. The standard InChI is InChI=1S/C22H27ClN5O2P/c1-24-12-11-15-9-10-17(19(13-15)30-2)27-22-25-14-16(23)21(28-22)26-18-7-5-6-8-20(18)31(3,4)29/h5-10,13-14,24H,11-12H2,1-4H3,(H2,25,26,27,28). The summed E-state index contributed by atoms with van der Waals surface area (Å²) in [6, 6.07) is 13.4. The van der Waals surface area contributed by atoms with Crippen molar-refractivity contribution in [2.45, 2.75) is 6.42 Å². The van der Waals surface area contributed by atoms with Gasteiger partial charge in [-0.05, 0) is 63.2 Å². The van der Waals surface area contributed by atoms with Crippen LogP contribution >= 0.6 is 18.7 Å². The molecule has 0 atom stereocenters. The highest BCUT2D eigenvalue weighted by atomic mass is 35.5. The van der Waals surface area contributed by atoms with Gasteiger partial charge in [-0.1, -0.05) is 29.8 Å². The van der Waals surface area contributed by atoms with Gasteiger partial charge < -0.3 is 25.3 Å². The number of para-hydroxylation sites is 1. The van der Waals surface area contributed by atoms with Gasteiger partial charge in [-0.15, -0.1) is 0 Å². The summed E-state index contributed by atoms with van der Waals surface area (Å²) in [5, 5.41) is 10.6. The van der Waals surface area contributed by atoms with E-state index < -0.39 is 7.14 Å². The van der Waals surface area contributed by atoms with E-state index in [4.69, 9.17) is 16.3 Å². The number of benzene rings is 2. The summed E-state index contributed by atoms with van der Waals surface area (Å²) in [4.78, 5) is 8.79. The average molecular weight is 460 g/mol. The second-order valence-electron chi connectivity index (χ2n) is 7.40. The Labute approximate surface area is 188 Å². The normalized spacial score (nSPS) is 11.3. The zero-order valence-corrected chi connectivity index (χ0v) is 19.7. The number of methoxy groups -OCH3 is 1. The minimum Gasteiger partial charge on any atom is -0.495 e. The molecule has 0 aliphatic rings. The van der Waals surface area contributed by atoms with Crippen LogP contribution in [-0.2, 0) is 11.0 Å². The first-order valence-corrected chi connectivity index (χ1v) is 12.8. The number of likely N-dealkylation sites (N-methyl/N-ethyl adjacent to an activating group) is 1. The Bertz CT molecular complexity index is 1100. The fourth-order valence-corrected chi connectivity index (χ4v) is 4.37. The van der Waals surface area contributed by atoms with Gasteiger partial charge in [0.25, 0.3) is 0 Å². The van der Waals surface area contributed by atoms with Crippen molar-refractivity contribution in [1.82, 2.24) is 15.3 Å². The van der Waals surface area contributed by atoms with Gasteiger partial charge in [0.15, 0.2) is 5.82 Å². The van der Waals surface area contributed by atoms with Crippen molar-refractivity contribution in [3.8, 4) is 5.75 Å². The molecule has 31 heavy (non-hydrogen) atoms. The first-order chi connectivity index (χ1) is 14.8. The lowest BCUT2D eigenvalue weighted by atomic mass is 10.1. The molecule has 0 amide bonds. The molecule has 3 aromatic rings. The minimum absolute atomic E-state index is 0.358. The first-order valence-electron chi connectivity index (χ1n) is 9.84. The van der Waals surface area contributed by atoms with Gasteiger partial charge in [0.2, 0.25) is 5.95 Å². The fraction of sp³-hybridized carbons (Fsp3) is 0.273. The van der Waals surface area contributed by atoms with E-state index in [0.717, 1.165) is 29.5 Å². The third-order valence-electron chi connectivity index (χ3n) is 4.66. The third-order valence-corrected chi connectivity index (χ3v) is 6.48. The molecule has 0 unspecified atom stereocenters. The lowest BCUT2D eigenvalue weighted by molar-refractivity contribution is 0.416. The highest BCUT2D eigenvalue weighted by molar-refractivity contribution is 7.70. The Morgan fingerprint density at radius 1 is 1.10 bits per heavy atom. The summed E-state index contributed by atoms with van der Waals surface area (Å²) in [5.41, 5.74) is 2.61. The summed E-state index contributed by atoms with van der Waals surface area (Å²) in [6.07, 6.45) is 2.42. The van der Waals surface area contributed by atoms with Crippen LogP contribution in [0.4, 0.5) is 23.1 Å². The SMILES string of the molecule is CNCCc1ccc(Nc2ncc(Cl)c(Nc3ccccc3P(C)(C)=O)n2)c(OC)c1. The quantitative estimate of drug-likeness (QED) is 0.402. The maximum atomic E-state index is 12.6. The predicted molar refractivity (Wildman–Crippen MR) is 130 cm³/mol. The van der Waals surface area contributed by atoms with Gasteiger partial charge in [0.1, 0.15) is 17.9 Å². The molecule has 0 saturated heterocycles. The summed E-state index contributed by atoms with van der Waals surface area (Å²) in [5.74, 6) is 1.48. The molecule has 7 nitrogen and oxygen atoms in total. The molecule has 3 rings (SSSR count). The van der Waals surface area contributed by atoms with E-state index in [1.165, 1.54) is 6.20 Å². The molecule has 9 heteroatoms. The van der Waals surface area contributed by atoms with Gasteiger partial charge in [0, 0.05) is 5.30 Å². The lowest BCUT2D eigenvalue weighted by Gasteiger charge is -2.16. The number of ether oxygens (including phenoxy) is 1. The molecule has 164 valence electrons. The van der Waals surface area contributed by atoms with Crippen LogP contribution in [0.5, 0.6) is 5.75 Å². The maximum Gasteiger partial charge on any atom is 0.229 e. The van der Waals surface area contributed by atoms with E-state index in [9.17, 15) is 4.57 Å². The Hall–Kier alpha value is -2.60. The van der Waals surface area contributed by atoms with E-state index in [-0.39, 0.29) is 0 Å². The summed E-state index contributed by atoms with van der Waals surface area (Å²) >= 11 is 6.33. The number of rotatable bonds is 9. The number of nitrogens with zero attached hydrogens (tertiary/aromatic N) is 2. The molecule has 2 aromatic carbocycles. The van der Waals surface area contributed by atoms with Gasteiger partial charge in [-0.25, -0.2) is 4.98 Å². The van der Waals surface area contributed by atoms with Crippen LogP contribution in [0.2, 0.25) is 5.02 Å². The van der Waals surface area contributed by atoms with Crippen LogP contribution in [0, 0.1) is 0 Å². The van der Waals surface area contributed by atoms with Crippen LogP contribution in [0.15, 0.2) is 48.7 Å². The molecular formula is C22H27ClN5O2P. The predicted octanol–water partition coefficient (Wildman–Crippen LogP) is 4.64. The van der Waals surface area contributed by atoms with Crippen molar-refractivity contribution in [1.29, 1.82) is 0 Å². The molecule has 0 saturated carbocycles. The molecule has 0 radical (unpaired) electrons. The molecule has 1 aromatic heterocycles. The highest BCUT2D eigenvalue weighted by Gasteiger charge is 2.17. The lowest BCUT2D eigenvalue weighted by Crippen LogP contribution is -2.11. The summed E-state index contributed by atoms with van der Waals surface area (Å²) < 4.78 is 18.2. The van der Waals surface area contributed by atoms with Gasteiger partial charge in [-0.3, -0.25) is 0 Å². The Morgan fingerprint density at radius 2 is 1.87 bits per heavy atom. The van der Waals surface area contributed by atoms with E-state index in [1.807, 2.05) is 49.5 Å². The van der Waals surface area contributed by atoms with Crippen LogP contribution in [0.1, 0.15) is 5.56 Å². The number of hydrogen-bond acceptors (Lipinski definition) is 7. The van der Waals surface area contributed by atoms with E-state index in [2.05, 4.69) is 25.9 Å². The van der Waals surface area contributed by atoms with Gasteiger partial charge in [-0.2, -0.15) is 4.98 Å². The Balaban J connectivity index is 1.87. The molecular weight excluding hydrogens is 433 g/mol. The second-order valence-corrected chi connectivity index (χ2v) is 11.0. The van der Waals surface area contributed by atoms with Crippen LogP contribution in [-0.4, -0.2) is 44.0 Å². The third kappa shape index (κ3) is 5.97. The molecule has 0 spiro atoms. The van der Waals surface area contributed by atoms with E-state index >= 15 is 0 Å². The molecule has 0 bridgehead atoms. The van der Waals surface area contributed by atoms with Crippen LogP contribution in [0.25, 0.3) is 0 Å². The largest absolute Gasteiger partial charge is 0.495 e. The number of hydrogen-bond donors (Lipinski definition) is 3. The molecule has 3 N–H and O–H groups in total. The zero-order chi connectivity index (χ0) is 22.4. The average Bonchev–Trinajstić information content (AvgIpc) is 2.75. The molecule has 0 aliphatic heterocycles. The second kappa shape index (κ2) is 10.1. The maximum absolute atomic E-state index is 12.6. The van der Waals surface area contributed by atoms with Crippen molar-refractivity contribution in [2.24, 2.45) is 0 Å². The van der Waals surface area contributed by atoms with E-state index in [0.29, 0.717) is 28.2 Å². The van der Waals surface area contributed by atoms with Crippen LogP contribution in [0.3, 0.4) is 0 Å². The zero-order valence-electron chi connectivity index (χ0n) is 18.1. The van der Waals surface area contributed by atoms with Gasteiger partial charge in [0.05, 0.1) is 24.7 Å². The number of halogens is 1. The fourth-order valence-electron chi connectivity index (χ4n) is 3.08. The Kier molecular flexibility index (Phi) is 7.55. The van der Waals surface area contributed by atoms with Crippen molar-refractivity contribution >= 4 is 47.2 Å². The summed E-state index contributed by atoms with van der Waals surface area (Å²) in [7, 11) is 1.07. The summed E-state index contributed by atoms with van der Waals surface area (Å²) in [6.45, 7) is 4.35. The number of nitrogens with one attached hydrogen (secondary N) is 3. The Morgan fingerprint density at radius 3 is 2.58 bits per heavy atom. The molecule has 0 fully saturated rings. The van der Waals surface area contributed by atoms with Gasteiger partial charge >= 0.3 is 0 Å². The van der Waals surface area contributed by atoms with Crippen molar-refractivity contribution < 1.29 is 9.30 Å². The topological polar surface area (TPSA) is 88.2 Å². The van der Waals surface area contributed by atoms with Crippen molar-refractivity contribution in [2.75, 3.05) is 44.7 Å². The number of aromatic nitrogens is 2. The monoisotopic (exact) mass is 459 g/mol. The first kappa shape index (κ1) is 23.1. The molecule has 1 heterocycles. The highest BCUT2D eigenvalue weighted by Crippen LogP contribution is 2.38. The van der Waals surface area contributed by atoms with Crippen molar-refractivity contribution in [3.63, 3.8) is 0 Å².